The van der Waals surface area contributed by atoms with Gasteiger partial charge in [-0.3, -0.25) is 19.3 Å². The summed E-state index contributed by atoms with van der Waals surface area (Å²) in [4.78, 5) is 54.3. The van der Waals surface area contributed by atoms with E-state index in [9.17, 15) is 14.4 Å². The van der Waals surface area contributed by atoms with Crippen LogP contribution in [0, 0.1) is 11.8 Å². The van der Waals surface area contributed by atoms with Crippen LogP contribution < -0.4 is 5.32 Å². The Hall–Kier alpha value is -1.86. The van der Waals surface area contributed by atoms with E-state index in [2.05, 4.69) is 64.9 Å². The second kappa shape index (κ2) is 19.5. The maximum Gasteiger partial charge on any atom is 0.357 e. The molecule has 10 nitrogen and oxygen atoms in total. The van der Waals surface area contributed by atoms with Gasteiger partial charge in [-0.2, -0.15) is 0 Å². The lowest BCUT2D eigenvalue weighted by atomic mass is 9.93. The zero-order chi connectivity index (χ0) is 36.2. The Bertz CT molecular complexity index is 1160. The molecule has 1 saturated heterocycles. The summed E-state index contributed by atoms with van der Waals surface area (Å²) in [6.07, 6.45) is 6.35. The Balaban J connectivity index is 2.56. The zero-order valence-electron chi connectivity index (χ0n) is 32.0. The summed E-state index contributed by atoms with van der Waals surface area (Å²) in [6.45, 7) is 24.7. The van der Waals surface area contributed by atoms with Crippen LogP contribution in [-0.2, 0) is 23.6 Å². The molecule has 276 valence electrons. The minimum atomic E-state index is -2.33. The number of carbonyl (C=O) groups excluding carboxylic acids is 3. The van der Waals surface area contributed by atoms with Crippen LogP contribution in [0.1, 0.15) is 135 Å². The normalized spacial score (nSPS) is 18.6. The van der Waals surface area contributed by atoms with Gasteiger partial charge in [0, 0.05) is 11.8 Å². The molecule has 12 heteroatoms. The third-order valence-electron chi connectivity index (χ3n) is 10.1. The summed E-state index contributed by atoms with van der Waals surface area (Å²) in [5.74, 6) is -0.901. The molecule has 2 heterocycles. The number of hydroxylamine groups is 2. The standard InChI is InChI=1S/C36H66N4O6SSi/c1-13-16-19-22-45-40(34(42)31(26(6)14-2)38-32(41)28-20-17-18-21-39(28)10)29(25(4)5)23-30(46-48(11,12)36(7,8)9)33-37-27(24-47-33)35(43)44-15-3/h24-26,28-31H,13-23H2,1-12H3,(H,38,41)/t26-,28+,29+,30+,31-/m0/s1. The number of hydrogen-bond donors (Lipinski definition) is 1. The molecule has 0 saturated carbocycles. The van der Waals surface area contributed by atoms with Crippen LogP contribution >= 0.6 is 11.3 Å². The average Bonchev–Trinajstić information content (AvgIpc) is 3.52. The smallest absolute Gasteiger partial charge is 0.357 e. The minimum Gasteiger partial charge on any atom is -0.461 e. The summed E-state index contributed by atoms with van der Waals surface area (Å²) < 4.78 is 12.3. The second-order valence-corrected chi connectivity index (χ2v) is 20.9. The van der Waals surface area contributed by atoms with E-state index in [1.165, 1.54) is 11.3 Å². The van der Waals surface area contributed by atoms with Crippen molar-refractivity contribution in [3.8, 4) is 0 Å². The number of piperidine rings is 1. The fourth-order valence-corrected chi connectivity index (χ4v) is 7.82. The highest BCUT2D eigenvalue weighted by Gasteiger charge is 2.43. The van der Waals surface area contributed by atoms with Crippen molar-refractivity contribution in [1.29, 1.82) is 0 Å². The van der Waals surface area contributed by atoms with Gasteiger partial charge in [0.05, 0.1) is 31.4 Å². The lowest BCUT2D eigenvalue weighted by molar-refractivity contribution is -0.212. The van der Waals surface area contributed by atoms with E-state index < -0.39 is 26.4 Å². The number of carbonyl (C=O) groups is 3. The fourth-order valence-electron chi connectivity index (χ4n) is 5.64. The molecule has 5 atom stereocenters. The van der Waals surface area contributed by atoms with Crippen LogP contribution in [0.25, 0.3) is 0 Å². The van der Waals surface area contributed by atoms with Gasteiger partial charge in [-0.25, -0.2) is 14.8 Å². The molecule has 1 aliphatic heterocycles. The number of likely N-dealkylation sites (tertiary alicyclic amines) is 1. The predicted octanol–water partition coefficient (Wildman–Crippen LogP) is 7.76. The van der Waals surface area contributed by atoms with Crippen molar-refractivity contribution in [1.82, 2.24) is 20.3 Å². The molecule has 1 aromatic rings. The maximum atomic E-state index is 14.7. The van der Waals surface area contributed by atoms with E-state index in [0.717, 1.165) is 51.5 Å². The van der Waals surface area contributed by atoms with Crippen LogP contribution in [0.3, 0.4) is 0 Å². The van der Waals surface area contributed by atoms with Crippen molar-refractivity contribution in [2.24, 2.45) is 11.8 Å². The molecule has 2 amide bonds. The number of rotatable bonds is 19. The molecule has 1 aromatic heterocycles. The van der Waals surface area contributed by atoms with Gasteiger partial charge in [0.15, 0.2) is 14.0 Å². The highest BCUT2D eigenvalue weighted by atomic mass is 32.1. The van der Waals surface area contributed by atoms with Crippen molar-refractivity contribution >= 4 is 37.4 Å². The number of thiazole rings is 1. The number of aromatic nitrogens is 1. The first-order valence-electron chi connectivity index (χ1n) is 18.3. The SMILES string of the molecule is CCCCCON(C(=O)[C@@H](NC(=O)[C@H]1CCCCN1C)[C@@H](C)CC)[C@H](C[C@@H](O[Si](C)(C)C(C)(C)C)c1nc(C(=O)OCC)cs1)C(C)C. The molecular formula is C36H66N4O6SSi. The molecule has 1 fully saturated rings. The average molecular weight is 711 g/mol. The second-order valence-electron chi connectivity index (χ2n) is 15.3. The number of ether oxygens (including phenoxy) is 1. The first-order valence-corrected chi connectivity index (χ1v) is 22.0. The van der Waals surface area contributed by atoms with E-state index in [0.29, 0.717) is 18.0 Å². The first-order chi connectivity index (χ1) is 22.5. The van der Waals surface area contributed by atoms with Gasteiger partial charge >= 0.3 is 5.97 Å². The third-order valence-corrected chi connectivity index (χ3v) is 15.5. The lowest BCUT2D eigenvalue weighted by Gasteiger charge is -2.42. The summed E-state index contributed by atoms with van der Waals surface area (Å²) in [5, 5.41) is 7.06. The number of unbranched alkanes of at least 4 members (excludes halogenated alkanes) is 2. The molecule has 0 unspecified atom stereocenters. The highest BCUT2D eigenvalue weighted by Crippen LogP contribution is 2.42. The van der Waals surface area contributed by atoms with Gasteiger partial charge in [0.2, 0.25) is 5.91 Å². The van der Waals surface area contributed by atoms with Gasteiger partial charge in [0.25, 0.3) is 5.91 Å². The largest absolute Gasteiger partial charge is 0.461 e. The monoisotopic (exact) mass is 710 g/mol. The number of hydrogen-bond acceptors (Lipinski definition) is 9. The molecular weight excluding hydrogens is 645 g/mol. The maximum absolute atomic E-state index is 14.7. The van der Waals surface area contributed by atoms with Gasteiger partial charge in [0.1, 0.15) is 11.0 Å². The topological polar surface area (TPSA) is 110 Å². The van der Waals surface area contributed by atoms with Gasteiger partial charge < -0.3 is 14.5 Å². The minimum absolute atomic E-state index is 0.00658. The Morgan fingerprint density at radius 3 is 2.38 bits per heavy atom. The van der Waals surface area contributed by atoms with Crippen molar-refractivity contribution in [2.45, 2.75) is 156 Å². The summed E-state index contributed by atoms with van der Waals surface area (Å²) in [5.41, 5.74) is 0.262. The van der Waals surface area contributed by atoms with Crippen molar-refractivity contribution in [3.63, 3.8) is 0 Å². The molecule has 0 spiro atoms. The van der Waals surface area contributed by atoms with E-state index in [-0.39, 0.29) is 53.1 Å². The Morgan fingerprint density at radius 2 is 1.81 bits per heavy atom. The van der Waals surface area contributed by atoms with E-state index in [4.69, 9.17) is 19.0 Å². The Morgan fingerprint density at radius 1 is 1.12 bits per heavy atom. The number of likely N-dealkylation sites (N-methyl/N-ethyl adjacent to an activating group) is 1. The van der Waals surface area contributed by atoms with E-state index >= 15 is 0 Å². The van der Waals surface area contributed by atoms with Crippen LogP contribution in [0.5, 0.6) is 0 Å². The van der Waals surface area contributed by atoms with Crippen LogP contribution in [-0.4, -0.2) is 86.0 Å². The van der Waals surface area contributed by atoms with E-state index in [1.54, 1.807) is 17.4 Å². The summed E-state index contributed by atoms with van der Waals surface area (Å²) >= 11 is 1.38. The number of nitrogens with one attached hydrogen (secondary N) is 1. The molecule has 2 rings (SSSR count). The molecule has 48 heavy (non-hydrogen) atoms. The number of esters is 1. The molecule has 1 aliphatic rings. The highest BCUT2D eigenvalue weighted by molar-refractivity contribution is 7.09. The number of amides is 2. The molecule has 0 radical (unpaired) electrons. The number of nitrogens with zero attached hydrogens (tertiary/aromatic N) is 3. The van der Waals surface area contributed by atoms with Gasteiger partial charge in [-0.05, 0) is 69.7 Å². The molecule has 0 aromatic carbocycles. The van der Waals surface area contributed by atoms with Gasteiger partial charge in [-0.1, -0.05) is 81.1 Å². The van der Waals surface area contributed by atoms with Crippen molar-refractivity contribution in [3.05, 3.63) is 16.1 Å². The van der Waals surface area contributed by atoms with Crippen molar-refractivity contribution < 1.29 is 28.4 Å². The summed E-state index contributed by atoms with van der Waals surface area (Å²) in [7, 11) is -0.350. The van der Waals surface area contributed by atoms with Crippen molar-refractivity contribution in [2.75, 3.05) is 26.8 Å². The van der Waals surface area contributed by atoms with Gasteiger partial charge in [-0.15, -0.1) is 11.3 Å². The molecule has 1 N–H and O–H groups in total. The quantitative estimate of drug-likeness (QED) is 0.0672. The van der Waals surface area contributed by atoms with Crippen LogP contribution in [0.15, 0.2) is 5.38 Å². The van der Waals surface area contributed by atoms with E-state index in [1.807, 2.05) is 20.9 Å². The third kappa shape index (κ3) is 11.9. The zero-order valence-corrected chi connectivity index (χ0v) is 33.8. The van der Waals surface area contributed by atoms with Crippen LogP contribution in [0.4, 0.5) is 0 Å². The Labute approximate surface area is 296 Å². The molecule has 0 aliphatic carbocycles. The Kier molecular flexibility index (Phi) is 17.2. The fraction of sp³-hybridized carbons (Fsp3) is 0.833. The molecule has 0 bridgehead atoms. The summed E-state index contributed by atoms with van der Waals surface area (Å²) in [6, 6.07) is -1.37. The lowest BCUT2D eigenvalue weighted by Crippen LogP contribution is -2.58. The first kappa shape index (κ1) is 42.3. The van der Waals surface area contributed by atoms with Crippen LogP contribution in [0.2, 0.25) is 18.1 Å². The predicted molar refractivity (Wildman–Crippen MR) is 196 cm³/mol.